The van der Waals surface area contributed by atoms with E-state index in [0.717, 1.165) is 0 Å². The molecule has 1 rings (SSSR count). The van der Waals surface area contributed by atoms with E-state index in [-0.39, 0.29) is 10.8 Å². The minimum absolute atomic E-state index is 0.0923. The summed E-state index contributed by atoms with van der Waals surface area (Å²) in [6, 6.07) is -1.49. The van der Waals surface area contributed by atoms with Crippen molar-refractivity contribution in [1.82, 2.24) is 5.32 Å². The standard InChI is InChI=1S/C7H8F2N2O2S/c1-2-3(6(12)13)4(5(8)9)11-7(14)10-2/h3-5H,1H3,(H,11,14)(H,12,13). The van der Waals surface area contributed by atoms with E-state index in [1.165, 1.54) is 6.92 Å². The van der Waals surface area contributed by atoms with Crippen molar-refractivity contribution in [3.05, 3.63) is 0 Å². The van der Waals surface area contributed by atoms with Gasteiger partial charge in [0.05, 0.1) is 0 Å². The third-order valence-corrected chi connectivity index (χ3v) is 2.12. The highest BCUT2D eigenvalue weighted by Gasteiger charge is 2.40. The van der Waals surface area contributed by atoms with Crippen LogP contribution in [0.4, 0.5) is 8.78 Å². The first-order valence-corrected chi connectivity index (χ1v) is 4.21. The summed E-state index contributed by atoms with van der Waals surface area (Å²) >= 11 is 4.59. The quantitative estimate of drug-likeness (QED) is 0.674. The van der Waals surface area contributed by atoms with Gasteiger partial charge in [-0.2, -0.15) is 0 Å². The van der Waals surface area contributed by atoms with Crippen molar-refractivity contribution in [1.29, 1.82) is 0 Å². The van der Waals surface area contributed by atoms with E-state index in [1.807, 2.05) is 0 Å². The summed E-state index contributed by atoms with van der Waals surface area (Å²) in [5.41, 5.74) is 0.103. The number of carbonyl (C=O) groups is 1. The molecule has 1 heterocycles. The van der Waals surface area contributed by atoms with Gasteiger partial charge < -0.3 is 10.4 Å². The van der Waals surface area contributed by atoms with Crippen molar-refractivity contribution in [2.75, 3.05) is 0 Å². The van der Waals surface area contributed by atoms with Crippen molar-refractivity contribution in [3.8, 4) is 0 Å². The molecule has 0 aromatic carbocycles. The highest BCUT2D eigenvalue weighted by Crippen LogP contribution is 2.18. The second kappa shape index (κ2) is 3.95. The fourth-order valence-corrected chi connectivity index (χ4v) is 1.57. The second-order valence-electron chi connectivity index (χ2n) is 2.88. The number of thiocarbonyl (C=S) groups is 1. The van der Waals surface area contributed by atoms with Crippen molar-refractivity contribution >= 4 is 29.0 Å². The molecule has 2 atom stereocenters. The van der Waals surface area contributed by atoms with Crippen molar-refractivity contribution in [2.24, 2.45) is 10.9 Å². The Morgan fingerprint density at radius 1 is 1.71 bits per heavy atom. The first-order valence-electron chi connectivity index (χ1n) is 3.80. The SMILES string of the molecule is CC1=NC(=S)NC(C(F)F)C1C(=O)O. The maximum atomic E-state index is 12.4. The number of aliphatic carboxylic acids is 1. The third kappa shape index (κ3) is 2.03. The van der Waals surface area contributed by atoms with E-state index in [2.05, 4.69) is 22.5 Å². The second-order valence-corrected chi connectivity index (χ2v) is 3.27. The number of carboxylic acid groups (broad SMARTS) is 1. The van der Waals surface area contributed by atoms with Gasteiger partial charge >= 0.3 is 5.97 Å². The normalized spacial score (nSPS) is 27.1. The zero-order valence-electron chi connectivity index (χ0n) is 7.20. The van der Waals surface area contributed by atoms with Crippen LogP contribution in [-0.2, 0) is 4.79 Å². The summed E-state index contributed by atoms with van der Waals surface area (Å²) in [6.07, 6.45) is -2.79. The van der Waals surface area contributed by atoms with Gasteiger partial charge in [0, 0.05) is 5.71 Å². The lowest BCUT2D eigenvalue weighted by molar-refractivity contribution is -0.141. The van der Waals surface area contributed by atoms with E-state index in [9.17, 15) is 13.6 Å². The number of rotatable bonds is 2. The van der Waals surface area contributed by atoms with E-state index >= 15 is 0 Å². The highest BCUT2D eigenvalue weighted by molar-refractivity contribution is 7.80. The summed E-state index contributed by atoms with van der Waals surface area (Å²) in [5.74, 6) is -2.65. The van der Waals surface area contributed by atoms with Crippen LogP contribution in [0.25, 0.3) is 0 Å². The first-order chi connectivity index (χ1) is 6.43. The van der Waals surface area contributed by atoms with E-state index < -0.39 is 24.4 Å². The number of nitrogens with one attached hydrogen (secondary N) is 1. The van der Waals surface area contributed by atoms with E-state index in [4.69, 9.17) is 5.11 Å². The Balaban J connectivity index is 3.01. The van der Waals surface area contributed by atoms with Gasteiger partial charge in [-0.1, -0.05) is 0 Å². The van der Waals surface area contributed by atoms with Gasteiger partial charge in [0.2, 0.25) is 0 Å². The minimum Gasteiger partial charge on any atom is -0.481 e. The van der Waals surface area contributed by atoms with Gasteiger partial charge in [-0.3, -0.25) is 4.79 Å². The molecule has 1 aliphatic heterocycles. The molecule has 4 nitrogen and oxygen atoms in total. The Morgan fingerprint density at radius 2 is 2.29 bits per heavy atom. The fourth-order valence-electron chi connectivity index (χ4n) is 1.29. The van der Waals surface area contributed by atoms with Gasteiger partial charge in [0.25, 0.3) is 6.43 Å². The zero-order valence-corrected chi connectivity index (χ0v) is 8.02. The number of aliphatic imine (C=N–C) groups is 1. The molecule has 0 saturated carbocycles. The first kappa shape index (κ1) is 11.0. The highest BCUT2D eigenvalue weighted by atomic mass is 32.1. The lowest BCUT2D eigenvalue weighted by Gasteiger charge is -2.28. The molecule has 14 heavy (non-hydrogen) atoms. The van der Waals surface area contributed by atoms with Crippen LogP contribution in [0.2, 0.25) is 0 Å². The van der Waals surface area contributed by atoms with Crippen LogP contribution in [0, 0.1) is 5.92 Å². The largest absolute Gasteiger partial charge is 0.481 e. The molecular weight excluding hydrogens is 214 g/mol. The molecule has 0 aromatic rings. The maximum Gasteiger partial charge on any atom is 0.314 e. The Hall–Kier alpha value is -1.11. The van der Waals surface area contributed by atoms with Gasteiger partial charge in [-0.25, -0.2) is 13.8 Å². The molecule has 2 N–H and O–H groups in total. The number of hydrogen-bond donors (Lipinski definition) is 2. The number of nitrogens with zero attached hydrogens (tertiary/aromatic N) is 1. The predicted octanol–water partition coefficient (Wildman–Crippen LogP) is 0.670. The third-order valence-electron chi connectivity index (χ3n) is 1.91. The number of alkyl halides is 2. The molecule has 0 bridgehead atoms. The Morgan fingerprint density at radius 3 is 2.71 bits per heavy atom. The van der Waals surface area contributed by atoms with Crippen LogP contribution in [0.3, 0.4) is 0 Å². The molecule has 0 amide bonds. The van der Waals surface area contributed by atoms with Gasteiger partial charge in [0.15, 0.2) is 5.11 Å². The van der Waals surface area contributed by atoms with Crippen LogP contribution < -0.4 is 5.32 Å². The topological polar surface area (TPSA) is 61.7 Å². The summed E-state index contributed by atoms with van der Waals surface area (Å²) in [6.45, 7) is 1.38. The van der Waals surface area contributed by atoms with Crippen LogP contribution in [-0.4, -0.2) is 34.4 Å². The van der Waals surface area contributed by atoms with Crippen LogP contribution >= 0.6 is 12.2 Å². The molecule has 0 fully saturated rings. The zero-order chi connectivity index (χ0) is 10.9. The minimum atomic E-state index is -2.79. The van der Waals surface area contributed by atoms with E-state index in [1.54, 1.807) is 0 Å². The van der Waals surface area contributed by atoms with Crippen LogP contribution in [0.1, 0.15) is 6.92 Å². The lowest BCUT2D eigenvalue weighted by Crippen LogP contribution is -2.53. The molecule has 1 aliphatic rings. The number of carboxylic acids is 1. The maximum absolute atomic E-state index is 12.4. The average molecular weight is 222 g/mol. The molecular formula is C7H8F2N2O2S. The van der Waals surface area contributed by atoms with Crippen LogP contribution in [0.5, 0.6) is 0 Å². The van der Waals surface area contributed by atoms with Crippen LogP contribution in [0.15, 0.2) is 4.99 Å². The molecule has 0 aromatic heterocycles. The smallest absolute Gasteiger partial charge is 0.314 e. The molecule has 0 saturated heterocycles. The summed E-state index contributed by atoms with van der Waals surface area (Å²) in [5, 5.41) is 10.8. The predicted molar refractivity (Wildman–Crippen MR) is 49.8 cm³/mol. The van der Waals surface area contributed by atoms with Crippen molar-refractivity contribution in [2.45, 2.75) is 19.4 Å². The molecule has 0 radical (unpaired) electrons. The summed E-state index contributed by atoms with van der Waals surface area (Å²) in [4.78, 5) is 14.3. The number of hydrogen-bond acceptors (Lipinski definition) is 2. The van der Waals surface area contributed by atoms with Gasteiger partial charge in [0.1, 0.15) is 12.0 Å². The van der Waals surface area contributed by atoms with Gasteiger partial charge in [-0.05, 0) is 19.1 Å². The van der Waals surface area contributed by atoms with Crippen molar-refractivity contribution < 1.29 is 18.7 Å². The summed E-state index contributed by atoms with van der Waals surface area (Å²) in [7, 11) is 0. The Labute approximate surface area is 84.0 Å². The Bertz CT molecular complexity index is 306. The summed E-state index contributed by atoms with van der Waals surface area (Å²) < 4.78 is 24.9. The molecule has 7 heteroatoms. The molecule has 0 aliphatic carbocycles. The monoisotopic (exact) mass is 222 g/mol. The van der Waals surface area contributed by atoms with E-state index in [0.29, 0.717) is 0 Å². The molecule has 0 spiro atoms. The fraction of sp³-hybridized carbons (Fsp3) is 0.571. The molecule has 2 unspecified atom stereocenters. The molecule has 78 valence electrons. The Kier molecular flexibility index (Phi) is 3.10. The van der Waals surface area contributed by atoms with Crippen molar-refractivity contribution in [3.63, 3.8) is 0 Å². The van der Waals surface area contributed by atoms with Gasteiger partial charge in [-0.15, -0.1) is 0 Å². The lowest BCUT2D eigenvalue weighted by atomic mass is 9.94. The average Bonchev–Trinajstić information content (AvgIpc) is 2.01. The number of halogens is 2.